The lowest BCUT2D eigenvalue weighted by Gasteiger charge is -2.42. The van der Waals surface area contributed by atoms with Crippen molar-refractivity contribution in [3.63, 3.8) is 0 Å². The van der Waals surface area contributed by atoms with E-state index in [0.717, 1.165) is 44.2 Å². The number of esters is 1. The molecule has 0 saturated heterocycles. The van der Waals surface area contributed by atoms with Crippen LogP contribution in [0.15, 0.2) is 36.4 Å². The topological polar surface area (TPSA) is 35.5 Å². The van der Waals surface area contributed by atoms with Gasteiger partial charge in [0.15, 0.2) is 17.4 Å². The maximum atomic E-state index is 15.1. The van der Waals surface area contributed by atoms with Crippen molar-refractivity contribution in [1.82, 2.24) is 0 Å². The van der Waals surface area contributed by atoms with E-state index >= 15 is 8.78 Å². The molecule has 2 fully saturated rings. The highest BCUT2D eigenvalue weighted by Gasteiger charge is 2.37. The van der Waals surface area contributed by atoms with E-state index in [0.29, 0.717) is 42.7 Å². The lowest BCUT2D eigenvalue weighted by molar-refractivity contribution is -0.0547. The molecule has 0 spiro atoms. The van der Waals surface area contributed by atoms with Gasteiger partial charge in [-0.1, -0.05) is 18.6 Å². The molecule has 2 aromatic carbocycles. The first-order chi connectivity index (χ1) is 18.2. The molecule has 206 valence electrons. The molecule has 0 N–H and O–H groups in total. The number of carbonyl (C=O) groups is 1. The fraction of sp³-hybridized carbons (Fsp3) is 0.483. The van der Waals surface area contributed by atoms with Gasteiger partial charge >= 0.3 is 12.6 Å². The first-order valence-electron chi connectivity index (χ1n) is 12.9. The number of rotatable bonds is 8. The molecule has 2 aliphatic carbocycles. The number of hydrogen-bond donors (Lipinski definition) is 0. The molecule has 3 nitrogen and oxygen atoms in total. The van der Waals surface area contributed by atoms with Gasteiger partial charge in [-0.3, -0.25) is 0 Å². The first kappa shape index (κ1) is 28.0. The van der Waals surface area contributed by atoms with E-state index in [1.807, 2.05) is 6.92 Å². The maximum absolute atomic E-state index is 15.1. The Morgan fingerprint density at radius 1 is 0.921 bits per heavy atom. The van der Waals surface area contributed by atoms with Crippen LogP contribution in [0.1, 0.15) is 80.1 Å². The lowest BCUT2D eigenvalue weighted by atomic mass is 9.63. The van der Waals surface area contributed by atoms with Crippen molar-refractivity contribution in [2.45, 2.75) is 70.8 Å². The Balaban J connectivity index is 1.42. The Labute approximate surface area is 217 Å². The van der Waals surface area contributed by atoms with Gasteiger partial charge in [-0.05, 0) is 87.7 Å². The predicted molar refractivity (Wildman–Crippen MR) is 129 cm³/mol. The number of fused-ring (bicyclic) bond motifs is 1. The summed E-state index contributed by atoms with van der Waals surface area (Å²) in [5.41, 5.74) is -0.534. The lowest BCUT2D eigenvalue weighted by Crippen LogP contribution is -2.31. The Morgan fingerprint density at radius 2 is 1.55 bits per heavy atom. The van der Waals surface area contributed by atoms with Crippen LogP contribution in [0.5, 0.6) is 11.5 Å². The van der Waals surface area contributed by atoms with E-state index in [1.165, 1.54) is 6.42 Å². The van der Waals surface area contributed by atoms with Crippen molar-refractivity contribution >= 4 is 5.97 Å². The Morgan fingerprint density at radius 3 is 2.18 bits per heavy atom. The average molecular weight is 541 g/mol. The van der Waals surface area contributed by atoms with Crippen LogP contribution in [0, 0.1) is 41.0 Å². The van der Waals surface area contributed by atoms with E-state index in [2.05, 4.69) is 16.9 Å². The van der Waals surface area contributed by atoms with Gasteiger partial charge in [0.1, 0.15) is 17.4 Å². The van der Waals surface area contributed by atoms with Crippen LogP contribution in [0.2, 0.25) is 0 Å². The molecule has 0 bridgehead atoms. The summed E-state index contributed by atoms with van der Waals surface area (Å²) in [5, 5.41) is 0. The number of alkyl halides is 2. The second kappa shape index (κ2) is 12.3. The van der Waals surface area contributed by atoms with Crippen LogP contribution in [-0.4, -0.2) is 12.6 Å². The number of allylic oxidation sites excluding steroid dienone is 2. The van der Waals surface area contributed by atoms with E-state index < -0.39 is 52.9 Å². The molecular weight excluding hydrogens is 510 g/mol. The van der Waals surface area contributed by atoms with Gasteiger partial charge in [0.2, 0.25) is 0 Å². The molecule has 2 saturated carbocycles. The minimum atomic E-state index is -3.46. The van der Waals surface area contributed by atoms with Gasteiger partial charge in [0, 0.05) is 17.7 Å². The van der Waals surface area contributed by atoms with E-state index in [4.69, 9.17) is 4.74 Å². The molecule has 0 amide bonds. The van der Waals surface area contributed by atoms with Gasteiger partial charge in [-0.25, -0.2) is 22.4 Å². The molecule has 2 aliphatic rings. The van der Waals surface area contributed by atoms with Crippen LogP contribution >= 0.6 is 0 Å². The smallest absolute Gasteiger partial charge is 0.387 e. The van der Waals surface area contributed by atoms with Crippen molar-refractivity contribution in [2.24, 2.45) is 17.8 Å². The van der Waals surface area contributed by atoms with Crippen LogP contribution in [0.25, 0.3) is 0 Å². The second-order valence-corrected chi connectivity index (χ2v) is 10.2. The van der Waals surface area contributed by atoms with Crippen LogP contribution < -0.4 is 9.47 Å². The number of halogens is 6. The van der Waals surface area contributed by atoms with E-state index in [1.54, 1.807) is 0 Å². The van der Waals surface area contributed by atoms with Crippen molar-refractivity contribution < 1.29 is 40.6 Å². The minimum Gasteiger partial charge on any atom is -0.429 e. The highest BCUT2D eigenvalue weighted by atomic mass is 19.3. The summed E-state index contributed by atoms with van der Waals surface area (Å²) < 4.78 is 91.2. The van der Waals surface area contributed by atoms with Crippen molar-refractivity contribution in [1.29, 1.82) is 0 Å². The fourth-order valence-electron chi connectivity index (χ4n) is 6.06. The highest BCUT2D eigenvalue weighted by Crippen LogP contribution is 2.49. The molecule has 0 aliphatic heterocycles. The van der Waals surface area contributed by atoms with Crippen LogP contribution in [-0.2, 0) is 0 Å². The molecule has 0 radical (unpaired) electrons. The molecule has 4 rings (SSSR count). The summed E-state index contributed by atoms with van der Waals surface area (Å²) in [5.74, 6) is -6.69. The Kier molecular flexibility index (Phi) is 9.05. The molecule has 0 aromatic heterocycles. The Bertz CT molecular complexity index is 1130. The Hall–Kier alpha value is -2.97. The SMILES string of the molecule is C/C=C/CCC1CCC2CC(c3c(F)cc(C(=O)Oc4cc(F)c(OC(F)F)c(F)c4)cc3F)CCC2C1. The largest absolute Gasteiger partial charge is 0.429 e. The quantitative estimate of drug-likeness (QED) is 0.145. The normalized spacial score (nSPS) is 23.5. The zero-order valence-corrected chi connectivity index (χ0v) is 21.0. The third-order valence-corrected chi connectivity index (χ3v) is 7.81. The second-order valence-electron chi connectivity index (χ2n) is 10.2. The van der Waals surface area contributed by atoms with Crippen molar-refractivity contribution in [3.8, 4) is 11.5 Å². The predicted octanol–water partition coefficient (Wildman–Crippen LogP) is 8.72. The van der Waals surface area contributed by atoms with E-state index in [-0.39, 0.29) is 11.5 Å². The monoisotopic (exact) mass is 540 g/mol. The summed E-state index contributed by atoms with van der Waals surface area (Å²) in [7, 11) is 0. The number of benzene rings is 2. The van der Waals surface area contributed by atoms with Gasteiger partial charge in [-0.2, -0.15) is 8.78 Å². The molecule has 38 heavy (non-hydrogen) atoms. The fourth-order valence-corrected chi connectivity index (χ4v) is 6.06. The van der Waals surface area contributed by atoms with Gasteiger partial charge < -0.3 is 9.47 Å². The molecule has 4 unspecified atom stereocenters. The standard InChI is InChI=1S/C29H30F6O3/c1-2-3-4-5-16-6-7-18-11-19(9-8-17(18)10-16)26-22(30)12-20(13-23(26)31)28(36)37-21-14-24(32)27(25(33)15-21)38-29(34)35/h2-3,12-19,29H,4-11H2,1H3/b3-2+. The van der Waals surface area contributed by atoms with Crippen molar-refractivity contribution in [2.75, 3.05) is 0 Å². The molecule has 4 atom stereocenters. The molecule has 0 heterocycles. The summed E-state index contributed by atoms with van der Waals surface area (Å²) >= 11 is 0. The summed E-state index contributed by atoms with van der Waals surface area (Å²) in [4.78, 5) is 12.4. The van der Waals surface area contributed by atoms with Gasteiger partial charge in [0.05, 0.1) is 5.56 Å². The summed E-state index contributed by atoms with van der Waals surface area (Å²) in [6.07, 6.45) is 12.1. The van der Waals surface area contributed by atoms with E-state index in [9.17, 15) is 22.4 Å². The number of hydrogen-bond acceptors (Lipinski definition) is 3. The third-order valence-electron chi connectivity index (χ3n) is 7.81. The molecular formula is C29H30F6O3. The third kappa shape index (κ3) is 6.53. The van der Waals surface area contributed by atoms with Gasteiger partial charge in [0.25, 0.3) is 0 Å². The average Bonchev–Trinajstić information content (AvgIpc) is 2.86. The summed E-state index contributed by atoms with van der Waals surface area (Å²) in [6.45, 7) is -1.45. The minimum absolute atomic E-state index is 0.0548. The number of ether oxygens (including phenoxy) is 2. The van der Waals surface area contributed by atoms with Crippen LogP contribution in [0.3, 0.4) is 0 Å². The van der Waals surface area contributed by atoms with Crippen molar-refractivity contribution in [3.05, 3.63) is 70.8 Å². The highest BCUT2D eigenvalue weighted by molar-refractivity contribution is 5.91. The maximum Gasteiger partial charge on any atom is 0.387 e. The molecule has 9 heteroatoms. The zero-order valence-electron chi connectivity index (χ0n) is 21.0. The zero-order chi connectivity index (χ0) is 27.4. The number of carbonyl (C=O) groups excluding carboxylic acids is 1. The molecule has 2 aromatic rings. The summed E-state index contributed by atoms with van der Waals surface area (Å²) in [6, 6.07) is 2.64. The van der Waals surface area contributed by atoms with Gasteiger partial charge in [-0.15, -0.1) is 0 Å². The first-order valence-corrected chi connectivity index (χ1v) is 12.9. The van der Waals surface area contributed by atoms with Crippen LogP contribution in [0.4, 0.5) is 26.3 Å².